The standard InChI is InChI=1S/C4H4O3S2/c5-6-7-9-4-2-1-3-8-4/h1-3,5H. The second-order valence-electron chi connectivity index (χ2n) is 1.16. The first-order valence-corrected chi connectivity index (χ1v) is 3.74. The van der Waals surface area contributed by atoms with Crippen LogP contribution in [0.5, 0.6) is 0 Å². The van der Waals surface area contributed by atoms with Gasteiger partial charge in [-0.3, -0.25) is 0 Å². The third-order valence-electron chi connectivity index (χ3n) is 0.642. The highest BCUT2D eigenvalue weighted by atomic mass is 32.2. The Morgan fingerprint density at radius 3 is 3.11 bits per heavy atom. The van der Waals surface area contributed by atoms with Crippen LogP contribution in [0, 0.1) is 0 Å². The van der Waals surface area contributed by atoms with Crippen molar-refractivity contribution in [3.8, 4) is 0 Å². The van der Waals surface area contributed by atoms with Crippen LogP contribution < -0.4 is 0 Å². The lowest BCUT2D eigenvalue weighted by atomic mass is 10.7. The van der Waals surface area contributed by atoms with Gasteiger partial charge in [0.1, 0.15) is 0 Å². The average Bonchev–Trinajstić information content (AvgIpc) is 2.34. The minimum absolute atomic E-state index is 0.934. The van der Waals surface area contributed by atoms with Gasteiger partial charge in [0.25, 0.3) is 0 Å². The molecule has 1 heterocycles. The zero-order valence-electron chi connectivity index (χ0n) is 4.31. The first-order chi connectivity index (χ1) is 4.43. The van der Waals surface area contributed by atoms with Gasteiger partial charge in [-0.05, 0) is 11.4 Å². The van der Waals surface area contributed by atoms with Crippen LogP contribution in [-0.4, -0.2) is 5.26 Å². The van der Waals surface area contributed by atoms with E-state index in [0.29, 0.717) is 0 Å². The molecule has 0 aliphatic carbocycles. The van der Waals surface area contributed by atoms with Crippen LogP contribution in [0.4, 0.5) is 0 Å². The predicted octanol–water partition coefficient (Wildman–Crippen LogP) is 2.18. The minimum Gasteiger partial charge on any atom is -0.220 e. The van der Waals surface area contributed by atoms with Crippen molar-refractivity contribution in [2.45, 2.75) is 4.21 Å². The molecule has 0 aliphatic rings. The van der Waals surface area contributed by atoms with Crippen molar-refractivity contribution >= 4 is 23.4 Å². The molecule has 1 aromatic rings. The summed E-state index contributed by atoms with van der Waals surface area (Å²) in [5.74, 6) is 0. The summed E-state index contributed by atoms with van der Waals surface area (Å²) in [6.07, 6.45) is 0. The van der Waals surface area contributed by atoms with Crippen molar-refractivity contribution < 1.29 is 14.6 Å². The maximum absolute atomic E-state index is 7.73. The molecule has 0 bridgehead atoms. The van der Waals surface area contributed by atoms with Gasteiger partial charge in [-0.1, -0.05) is 11.1 Å². The maximum atomic E-state index is 7.73. The first kappa shape index (κ1) is 7.04. The van der Waals surface area contributed by atoms with Crippen molar-refractivity contribution in [1.82, 2.24) is 0 Å². The molecule has 5 heteroatoms. The molecule has 1 aromatic heterocycles. The van der Waals surface area contributed by atoms with E-state index in [9.17, 15) is 0 Å². The molecule has 50 valence electrons. The van der Waals surface area contributed by atoms with Crippen LogP contribution in [0.15, 0.2) is 21.7 Å². The Kier molecular flexibility index (Phi) is 3.02. The molecule has 3 nitrogen and oxygen atoms in total. The van der Waals surface area contributed by atoms with Gasteiger partial charge < -0.3 is 0 Å². The zero-order chi connectivity index (χ0) is 6.53. The van der Waals surface area contributed by atoms with Gasteiger partial charge in [-0.2, -0.15) is 0 Å². The predicted molar refractivity (Wildman–Crippen MR) is 35.0 cm³/mol. The molecule has 0 spiro atoms. The largest absolute Gasteiger partial charge is 0.220 e. The molecule has 0 saturated carbocycles. The van der Waals surface area contributed by atoms with Crippen LogP contribution in [0.1, 0.15) is 0 Å². The Hall–Kier alpha value is -0.0700. The molecule has 0 amide bonds. The number of thiophene rings is 1. The summed E-state index contributed by atoms with van der Waals surface area (Å²) in [4.78, 5) is 0. The molecule has 9 heavy (non-hydrogen) atoms. The van der Waals surface area contributed by atoms with Crippen molar-refractivity contribution in [2.24, 2.45) is 0 Å². The molecule has 1 rings (SSSR count). The van der Waals surface area contributed by atoms with Gasteiger partial charge >= 0.3 is 0 Å². The van der Waals surface area contributed by atoms with Gasteiger partial charge in [0, 0.05) is 0 Å². The van der Waals surface area contributed by atoms with E-state index in [4.69, 9.17) is 5.26 Å². The van der Waals surface area contributed by atoms with Crippen LogP contribution >= 0.6 is 23.4 Å². The summed E-state index contributed by atoms with van der Waals surface area (Å²) in [5.41, 5.74) is 0. The summed E-state index contributed by atoms with van der Waals surface area (Å²) in [6.45, 7) is 0. The third kappa shape index (κ3) is 2.33. The summed E-state index contributed by atoms with van der Waals surface area (Å²) >= 11 is 2.48. The second kappa shape index (κ2) is 3.86. The van der Waals surface area contributed by atoms with Crippen LogP contribution in [0.3, 0.4) is 0 Å². The van der Waals surface area contributed by atoms with E-state index in [1.807, 2.05) is 17.5 Å². The first-order valence-electron chi connectivity index (χ1n) is 2.12. The molecule has 0 unspecified atom stereocenters. The highest BCUT2D eigenvalue weighted by molar-refractivity contribution is 7.96. The second-order valence-corrected chi connectivity index (χ2v) is 3.11. The van der Waals surface area contributed by atoms with Gasteiger partial charge in [0.15, 0.2) is 0 Å². The molecule has 0 atom stereocenters. The van der Waals surface area contributed by atoms with E-state index in [1.165, 1.54) is 11.3 Å². The fourth-order valence-electron chi connectivity index (χ4n) is 0.360. The fraction of sp³-hybridized carbons (Fsp3) is 0. The summed E-state index contributed by atoms with van der Waals surface area (Å²) < 4.78 is 5.09. The van der Waals surface area contributed by atoms with E-state index in [2.05, 4.69) is 9.37 Å². The van der Waals surface area contributed by atoms with Gasteiger partial charge in [-0.25, -0.2) is 5.26 Å². The smallest absolute Gasteiger partial charge is 0.0909 e. The number of rotatable bonds is 3. The third-order valence-corrected chi connectivity index (χ3v) is 2.23. The summed E-state index contributed by atoms with van der Waals surface area (Å²) in [6, 6.07) is 3.74. The van der Waals surface area contributed by atoms with E-state index >= 15 is 0 Å². The molecule has 1 N–H and O–H groups in total. The Morgan fingerprint density at radius 1 is 1.67 bits per heavy atom. The molecule has 0 aliphatic heterocycles. The lowest BCUT2D eigenvalue weighted by molar-refractivity contribution is -0.432. The Balaban J connectivity index is 2.30. The van der Waals surface area contributed by atoms with Crippen molar-refractivity contribution in [1.29, 1.82) is 0 Å². The average molecular weight is 164 g/mol. The highest BCUT2D eigenvalue weighted by Crippen LogP contribution is 2.23. The van der Waals surface area contributed by atoms with Gasteiger partial charge in [0.2, 0.25) is 0 Å². The van der Waals surface area contributed by atoms with E-state index in [0.717, 1.165) is 16.3 Å². The molecular weight excluding hydrogens is 160 g/mol. The highest BCUT2D eigenvalue weighted by Gasteiger charge is 1.93. The zero-order valence-corrected chi connectivity index (χ0v) is 5.95. The maximum Gasteiger partial charge on any atom is 0.0909 e. The normalized spacial score (nSPS) is 9.89. The quantitative estimate of drug-likeness (QED) is 0.422. The van der Waals surface area contributed by atoms with Crippen LogP contribution in [-0.2, 0) is 9.37 Å². The van der Waals surface area contributed by atoms with Gasteiger partial charge in [-0.15, -0.1) is 15.7 Å². The molecular formula is C4H4O3S2. The lowest BCUT2D eigenvalue weighted by Gasteiger charge is -1.88. The Labute approximate surface area is 60.3 Å². The van der Waals surface area contributed by atoms with Crippen molar-refractivity contribution in [3.05, 3.63) is 17.5 Å². The Morgan fingerprint density at radius 2 is 2.56 bits per heavy atom. The Bertz CT molecular complexity index is 151. The topological polar surface area (TPSA) is 38.7 Å². The van der Waals surface area contributed by atoms with Crippen LogP contribution in [0.2, 0.25) is 0 Å². The fourth-order valence-corrected chi connectivity index (χ4v) is 1.45. The molecule has 0 aromatic carbocycles. The lowest BCUT2D eigenvalue weighted by Crippen LogP contribution is -1.74. The molecule has 0 radical (unpaired) electrons. The molecule has 0 fully saturated rings. The number of hydrogen-bond acceptors (Lipinski definition) is 5. The van der Waals surface area contributed by atoms with Crippen molar-refractivity contribution in [2.75, 3.05) is 0 Å². The monoisotopic (exact) mass is 164 g/mol. The number of hydrogen-bond donors (Lipinski definition) is 1. The summed E-state index contributed by atoms with van der Waals surface area (Å²) in [5, 5.41) is 13.0. The molecule has 0 saturated heterocycles. The summed E-state index contributed by atoms with van der Waals surface area (Å²) in [7, 11) is 0. The van der Waals surface area contributed by atoms with E-state index in [1.54, 1.807) is 0 Å². The van der Waals surface area contributed by atoms with Crippen molar-refractivity contribution in [3.63, 3.8) is 0 Å². The van der Waals surface area contributed by atoms with Crippen LogP contribution in [0.25, 0.3) is 0 Å². The van der Waals surface area contributed by atoms with E-state index < -0.39 is 0 Å². The van der Waals surface area contributed by atoms with Gasteiger partial charge in [0.05, 0.1) is 16.3 Å². The SMILES string of the molecule is OOOSc1cccs1. The van der Waals surface area contributed by atoms with E-state index in [-0.39, 0.29) is 0 Å². The minimum atomic E-state index is 0.934.